The number of aromatic nitrogens is 4. The molecule has 0 radical (unpaired) electrons. The third-order valence-corrected chi connectivity index (χ3v) is 5.11. The Morgan fingerprint density at radius 1 is 1.37 bits per heavy atom. The summed E-state index contributed by atoms with van der Waals surface area (Å²) in [5, 5.41) is 24.6. The van der Waals surface area contributed by atoms with Crippen molar-refractivity contribution < 1.29 is 19.5 Å². The maximum absolute atomic E-state index is 12.8. The van der Waals surface area contributed by atoms with E-state index in [1.54, 1.807) is 39.0 Å². The lowest BCUT2D eigenvalue weighted by atomic mass is 9.88. The summed E-state index contributed by atoms with van der Waals surface area (Å²) >= 11 is 6.08. The molecule has 0 saturated carbocycles. The van der Waals surface area contributed by atoms with Crippen molar-refractivity contribution in [3.63, 3.8) is 0 Å². The average Bonchev–Trinajstić information content (AvgIpc) is 3.34. The Bertz CT molecular complexity index is 956. The Labute approximate surface area is 178 Å². The van der Waals surface area contributed by atoms with Gasteiger partial charge in [0, 0.05) is 18.0 Å². The van der Waals surface area contributed by atoms with Crippen LogP contribution in [0, 0.1) is 5.41 Å². The number of amides is 2. The molecule has 2 aromatic rings. The Morgan fingerprint density at radius 3 is 2.73 bits per heavy atom. The minimum atomic E-state index is -1.32. The van der Waals surface area contributed by atoms with Crippen LogP contribution in [0.25, 0.3) is 5.69 Å². The summed E-state index contributed by atoms with van der Waals surface area (Å²) in [5.74, 6) is -1.36. The van der Waals surface area contributed by atoms with Gasteiger partial charge in [-0.15, -0.1) is 5.10 Å². The molecule has 3 rings (SSSR count). The Balaban J connectivity index is 1.75. The monoisotopic (exact) mass is 434 g/mol. The van der Waals surface area contributed by atoms with E-state index in [0.29, 0.717) is 16.3 Å². The number of tetrazole rings is 1. The van der Waals surface area contributed by atoms with Crippen LogP contribution in [0.3, 0.4) is 0 Å². The molecule has 2 amide bonds. The standard InChI is InChI=1S/C19H23ClN6O4/c1-19(2,3)16(28)18(30)25-9-13(27)7-15(25)17(29)21-8-11-6-12(20)4-5-14(11)26-10-22-23-24-26/h4-6,10,15-16,28H,7-9H2,1-3H3,(H,21,29)/t15-,16-/m0/s1. The molecule has 1 aromatic carbocycles. The fourth-order valence-corrected chi connectivity index (χ4v) is 3.37. The summed E-state index contributed by atoms with van der Waals surface area (Å²) in [6.45, 7) is 5.02. The third-order valence-electron chi connectivity index (χ3n) is 4.87. The smallest absolute Gasteiger partial charge is 0.253 e. The van der Waals surface area contributed by atoms with E-state index in [1.807, 2.05) is 0 Å². The lowest BCUT2D eigenvalue weighted by Crippen LogP contribution is -2.51. The molecule has 1 aromatic heterocycles. The number of hydrogen-bond acceptors (Lipinski definition) is 7. The fourth-order valence-electron chi connectivity index (χ4n) is 3.17. The van der Waals surface area contributed by atoms with Crippen molar-refractivity contribution in [2.45, 2.75) is 45.9 Å². The van der Waals surface area contributed by atoms with E-state index in [0.717, 1.165) is 4.90 Å². The van der Waals surface area contributed by atoms with Gasteiger partial charge in [-0.05, 0) is 39.6 Å². The van der Waals surface area contributed by atoms with Crippen LogP contribution in [0.15, 0.2) is 24.5 Å². The molecule has 2 N–H and O–H groups in total. The van der Waals surface area contributed by atoms with Gasteiger partial charge in [0.25, 0.3) is 5.91 Å². The molecular weight excluding hydrogens is 412 g/mol. The van der Waals surface area contributed by atoms with Crippen LogP contribution in [0.1, 0.15) is 32.8 Å². The van der Waals surface area contributed by atoms with Crippen molar-refractivity contribution in [2.24, 2.45) is 5.41 Å². The van der Waals surface area contributed by atoms with Crippen LogP contribution in [-0.2, 0) is 20.9 Å². The first-order valence-corrected chi connectivity index (χ1v) is 9.75. The lowest BCUT2D eigenvalue weighted by Gasteiger charge is -2.31. The lowest BCUT2D eigenvalue weighted by molar-refractivity contribution is -0.150. The number of ketones is 1. The number of aliphatic hydroxyl groups excluding tert-OH is 1. The largest absolute Gasteiger partial charge is 0.383 e. The Hall–Kier alpha value is -2.85. The van der Waals surface area contributed by atoms with Gasteiger partial charge in [0.15, 0.2) is 5.78 Å². The minimum absolute atomic E-state index is 0.0864. The number of benzene rings is 1. The second-order valence-electron chi connectivity index (χ2n) is 8.24. The Morgan fingerprint density at radius 2 is 2.10 bits per heavy atom. The van der Waals surface area contributed by atoms with E-state index in [1.165, 1.54) is 11.0 Å². The number of nitrogens with one attached hydrogen (secondary N) is 1. The topological polar surface area (TPSA) is 130 Å². The van der Waals surface area contributed by atoms with Gasteiger partial charge in [-0.2, -0.15) is 0 Å². The highest BCUT2D eigenvalue weighted by Crippen LogP contribution is 2.25. The number of carbonyl (C=O) groups excluding carboxylic acids is 3. The summed E-state index contributed by atoms with van der Waals surface area (Å²) < 4.78 is 1.44. The van der Waals surface area contributed by atoms with Crippen LogP contribution < -0.4 is 5.32 Å². The van der Waals surface area contributed by atoms with Gasteiger partial charge < -0.3 is 15.3 Å². The highest BCUT2D eigenvalue weighted by atomic mass is 35.5. The number of nitrogens with zero attached hydrogens (tertiary/aromatic N) is 5. The highest BCUT2D eigenvalue weighted by Gasteiger charge is 2.43. The summed E-state index contributed by atoms with van der Waals surface area (Å²) in [4.78, 5) is 38.6. The number of hydrogen-bond donors (Lipinski definition) is 2. The van der Waals surface area contributed by atoms with Gasteiger partial charge in [0.2, 0.25) is 5.91 Å². The first kappa shape index (κ1) is 21.8. The number of rotatable bonds is 5. The molecule has 2 heterocycles. The maximum Gasteiger partial charge on any atom is 0.253 e. The van der Waals surface area contributed by atoms with Crippen LogP contribution in [0.2, 0.25) is 5.02 Å². The normalized spacial score (nSPS) is 17.8. The van der Waals surface area contributed by atoms with Crippen molar-refractivity contribution in [1.29, 1.82) is 0 Å². The van der Waals surface area contributed by atoms with E-state index >= 15 is 0 Å². The van der Waals surface area contributed by atoms with Crippen molar-refractivity contribution in [1.82, 2.24) is 30.4 Å². The van der Waals surface area contributed by atoms with E-state index in [-0.39, 0.29) is 25.3 Å². The molecular formula is C19H23ClN6O4. The zero-order chi connectivity index (χ0) is 22.1. The first-order valence-electron chi connectivity index (χ1n) is 9.37. The Kier molecular flexibility index (Phi) is 6.18. The molecule has 30 heavy (non-hydrogen) atoms. The van der Waals surface area contributed by atoms with Gasteiger partial charge in [0.05, 0.1) is 12.2 Å². The first-order chi connectivity index (χ1) is 14.1. The molecule has 10 nitrogen and oxygen atoms in total. The second-order valence-corrected chi connectivity index (χ2v) is 8.67. The molecule has 11 heteroatoms. The molecule has 0 bridgehead atoms. The molecule has 1 aliphatic rings. The maximum atomic E-state index is 12.8. The summed E-state index contributed by atoms with van der Waals surface area (Å²) in [6.07, 6.45) is 0.000495. The molecule has 1 saturated heterocycles. The van der Waals surface area contributed by atoms with Gasteiger partial charge >= 0.3 is 0 Å². The summed E-state index contributed by atoms with van der Waals surface area (Å²) in [6, 6.07) is 4.09. The minimum Gasteiger partial charge on any atom is -0.383 e. The predicted octanol–water partition coefficient (Wildman–Crippen LogP) is 0.509. The number of aliphatic hydroxyl groups is 1. The van der Waals surface area contributed by atoms with Crippen LogP contribution >= 0.6 is 11.6 Å². The molecule has 0 spiro atoms. The number of Topliss-reactive ketones (excluding diaryl/α,β-unsaturated/α-hetero) is 1. The molecule has 160 valence electrons. The SMILES string of the molecule is CC(C)(C)[C@@H](O)C(=O)N1CC(=O)C[C@H]1C(=O)NCc1cc(Cl)ccc1-n1cnnn1. The quantitative estimate of drug-likeness (QED) is 0.700. The molecule has 0 unspecified atom stereocenters. The van der Waals surface area contributed by atoms with E-state index < -0.39 is 29.4 Å². The van der Waals surface area contributed by atoms with E-state index in [4.69, 9.17) is 11.6 Å². The van der Waals surface area contributed by atoms with Gasteiger partial charge in [-0.3, -0.25) is 14.4 Å². The van der Waals surface area contributed by atoms with Crippen molar-refractivity contribution >= 4 is 29.2 Å². The zero-order valence-corrected chi connectivity index (χ0v) is 17.6. The van der Waals surface area contributed by atoms with Gasteiger partial charge in [-0.25, -0.2) is 4.68 Å². The van der Waals surface area contributed by atoms with Crippen molar-refractivity contribution in [3.8, 4) is 5.69 Å². The van der Waals surface area contributed by atoms with Crippen molar-refractivity contribution in [2.75, 3.05) is 6.54 Å². The predicted molar refractivity (Wildman–Crippen MR) is 107 cm³/mol. The van der Waals surface area contributed by atoms with E-state index in [2.05, 4.69) is 20.8 Å². The van der Waals surface area contributed by atoms with Crippen LogP contribution in [0.5, 0.6) is 0 Å². The fraction of sp³-hybridized carbons (Fsp3) is 0.474. The number of carbonyl (C=O) groups is 3. The van der Waals surface area contributed by atoms with Crippen LogP contribution in [0.4, 0.5) is 0 Å². The summed E-state index contributed by atoms with van der Waals surface area (Å²) in [5.41, 5.74) is 0.564. The molecule has 1 fully saturated rings. The molecule has 2 atom stereocenters. The third kappa shape index (κ3) is 4.65. The number of likely N-dealkylation sites (tertiary alicyclic amines) is 1. The molecule has 1 aliphatic heterocycles. The van der Waals surface area contributed by atoms with Gasteiger partial charge in [-0.1, -0.05) is 32.4 Å². The average molecular weight is 435 g/mol. The summed E-state index contributed by atoms with van der Waals surface area (Å²) in [7, 11) is 0. The molecule has 0 aliphatic carbocycles. The van der Waals surface area contributed by atoms with Gasteiger partial charge in [0.1, 0.15) is 18.5 Å². The number of halogens is 1. The van der Waals surface area contributed by atoms with E-state index in [9.17, 15) is 19.5 Å². The zero-order valence-electron chi connectivity index (χ0n) is 16.9. The van der Waals surface area contributed by atoms with Crippen LogP contribution in [-0.4, -0.2) is 66.5 Å². The van der Waals surface area contributed by atoms with Crippen molar-refractivity contribution in [3.05, 3.63) is 35.1 Å². The second kappa shape index (κ2) is 8.49. The highest BCUT2D eigenvalue weighted by molar-refractivity contribution is 6.30.